The van der Waals surface area contributed by atoms with Crippen molar-refractivity contribution in [2.24, 2.45) is 0 Å². The Balaban J connectivity index is 2.41. The summed E-state index contributed by atoms with van der Waals surface area (Å²) in [5.74, 6) is 1.27. The lowest BCUT2D eigenvalue weighted by molar-refractivity contribution is -0.385. The van der Waals surface area contributed by atoms with Gasteiger partial charge in [-0.05, 0) is 43.7 Å². The summed E-state index contributed by atoms with van der Waals surface area (Å²) in [7, 11) is 0. The molecule has 0 unspecified atom stereocenters. The molecule has 110 valence electrons. The first kappa shape index (κ1) is 15.8. The van der Waals surface area contributed by atoms with Crippen molar-refractivity contribution < 1.29 is 9.66 Å². The van der Waals surface area contributed by atoms with Gasteiger partial charge in [-0.15, -0.1) is 0 Å². The van der Waals surface area contributed by atoms with Crippen LogP contribution < -0.4 is 4.74 Å². The predicted molar refractivity (Wildman–Crippen MR) is 86.7 cm³/mol. The van der Waals surface area contributed by atoms with Gasteiger partial charge in [0.25, 0.3) is 5.69 Å². The number of hydrogen-bond acceptors (Lipinski definition) is 3. The molecule has 0 N–H and O–H groups in total. The van der Waals surface area contributed by atoms with E-state index in [2.05, 4.69) is 15.9 Å². The molecule has 0 bridgehead atoms. The van der Waals surface area contributed by atoms with Crippen molar-refractivity contribution in [2.45, 2.75) is 19.2 Å². The second-order valence-electron chi connectivity index (χ2n) is 4.65. The Labute approximate surface area is 136 Å². The highest BCUT2D eigenvalue weighted by Crippen LogP contribution is 2.34. The molecule has 0 saturated carbocycles. The lowest BCUT2D eigenvalue weighted by Gasteiger charge is -2.13. The Morgan fingerprint density at radius 1 is 1.19 bits per heavy atom. The average molecular weight is 371 g/mol. The number of hydrogen-bond donors (Lipinski definition) is 0. The molecule has 0 fully saturated rings. The largest absolute Gasteiger partial charge is 0.457 e. The zero-order valence-electron chi connectivity index (χ0n) is 11.5. The molecule has 0 atom stereocenters. The monoisotopic (exact) mass is 369 g/mol. The van der Waals surface area contributed by atoms with Gasteiger partial charge in [-0.3, -0.25) is 10.1 Å². The van der Waals surface area contributed by atoms with Gasteiger partial charge in [-0.25, -0.2) is 0 Å². The number of nitrogens with zero attached hydrogens (tertiary/aromatic N) is 1. The van der Waals surface area contributed by atoms with Crippen LogP contribution in [0.15, 0.2) is 30.3 Å². The van der Waals surface area contributed by atoms with Gasteiger partial charge in [0.1, 0.15) is 11.5 Å². The van der Waals surface area contributed by atoms with E-state index in [1.807, 2.05) is 6.07 Å². The standard InChI is InChI=1S/C15H13BrClNO3/c1-9-6-15(10(2)5-13(9)18(19)20)21-14-4-3-12(17)7-11(14)8-16/h3-7H,8H2,1-2H3. The molecular weight excluding hydrogens is 358 g/mol. The van der Waals surface area contributed by atoms with Crippen LogP contribution >= 0.6 is 27.5 Å². The van der Waals surface area contributed by atoms with Crippen LogP contribution in [0.1, 0.15) is 16.7 Å². The molecule has 2 aromatic carbocycles. The van der Waals surface area contributed by atoms with Crippen LogP contribution in [0.4, 0.5) is 5.69 Å². The minimum absolute atomic E-state index is 0.0941. The molecule has 0 spiro atoms. The van der Waals surface area contributed by atoms with Crippen molar-refractivity contribution in [2.75, 3.05) is 0 Å². The molecule has 0 aromatic heterocycles. The van der Waals surface area contributed by atoms with E-state index < -0.39 is 4.92 Å². The summed E-state index contributed by atoms with van der Waals surface area (Å²) in [5.41, 5.74) is 2.28. The molecule has 0 amide bonds. The van der Waals surface area contributed by atoms with Crippen LogP contribution in [0.2, 0.25) is 5.02 Å². The smallest absolute Gasteiger partial charge is 0.272 e. The fraction of sp³-hybridized carbons (Fsp3) is 0.200. The van der Waals surface area contributed by atoms with Crippen LogP contribution in [0.3, 0.4) is 0 Å². The van der Waals surface area contributed by atoms with Crippen molar-refractivity contribution >= 4 is 33.2 Å². The van der Waals surface area contributed by atoms with E-state index in [-0.39, 0.29) is 5.69 Å². The van der Waals surface area contributed by atoms with Crippen LogP contribution in [-0.2, 0) is 5.33 Å². The lowest BCUT2D eigenvalue weighted by atomic mass is 10.1. The second-order valence-corrected chi connectivity index (χ2v) is 5.65. The summed E-state index contributed by atoms with van der Waals surface area (Å²) < 4.78 is 5.89. The van der Waals surface area contributed by atoms with E-state index in [9.17, 15) is 10.1 Å². The third-order valence-electron chi connectivity index (χ3n) is 3.08. The summed E-state index contributed by atoms with van der Waals surface area (Å²) in [6.07, 6.45) is 0. The number of halogens is 2. The predicted octanol–water partition coefficient (Wildman–Crippen LogP) is 5.55. The first-order chi connectivity index (χ1) is 9.92. The average Bonchev–Trinajstić information content (AvgIpc) is 2.43. The molecule has 0 radical (unpaired) electrons. The van der Waals surface area contributed by atoms with E-state index in [1.165, 1.54) is 6.07 Å². The Morgan fingerprint density at radius 2 is 1.90 bits per heavy atom. The van der Waals surface area contributed by atoms with Gasteiger partial charge in [0.05, 0.1) is 4.92 Å². The zero-order chi connectivity index (χ0) is 15.6. The van der Waals surface area contributed by atoms with E-state index in [4.69, 9.17) is 16.3 Å². The van der Waals surface area contributed by atoms with Crippen molar-refractivity contribution in [1.82, 2.24) is 0 Å². The normalized spacial score (nSPS) is 10.5. The summed E-state index contributed by atoms with van der Waals surface area (Å²) >= 11 is 9.35. The van der Waals surface area contributed by atoms with E-state index in [1.54, 1.807) is 32.0 Å². The quantitative estimate of drug-likeness (QED) is 0.402. The van der Waals surface area contributed by atoms with Crippen molar-refractivity contribution in [3.8, 4) is 11.5 Å². The van der Waals surface area contributed by atoms with Crippen molar-refractivity contribution in [3.05, 3.63) is 62.2 Å². The highest BCUT2D eigenvalue weighted by molar-refractivity contribution is 9.08. The fourth-order valence-electron chi connectivity index (χ4n) is 1.95. The maximum Gasteiger partial charge on any atom is 0.272 e. The summed E-state index contributed by atoms with van der Waals surface area (Å²) in [6, 6.07) is 8.55. The molecular formula is C15H13BrClNO3. The fourth-order valence-corrected chi connectivity index (χ4v) is 2.58. The van der Waals surface area contributed by atoms with Gasteiger partial charge < -0.3 is 4.74 Å². The number of nitro benzene ring substituents is 1. The SMILES string of the molecule is Cc1cc([N+](=O)[O-])c(C)cc1Oc1ccc(Cl)cc1CBr. The van der Waals surface area contributed by atoms with E-state index in [0.717, 1.165) is 5.56 Å². The van der Waals surface area contributed by atoms with Crippen LogP contribution in [0, 0.1) is 24.0 Å². The van der Waals surface area contributed by atoms with Crippen LogP contribution in [0.25, 0.3) is 0 Å². The third kappa shape index (κ3) is 3.54. The number of nitro groups is 1. The Hall–Kier alpha value is -1.59. The minimum atomic E-state index is -0.391. The molecule has 2 rings (SSSR count). The number of rotatable bonds is 4. The number of ether oxygens (including phenoxy) is 1. The van der Waals surface area contributed by atoms with Crippen LogP contribution in [-0.4, -0.2) is 4.92 Å². The van der Waals surface area contributed by atoms with E-state index in [0.29, 0.717) is 33.0 Å². The van der Waals surface area contributed by atoms with Gasteiger partial charge in [0.15, 0.2) is 0 Å². The highest BCUT2D eigenvalue weighted by atomic mass is 79.9. The molecule has 0 aliphatic heterocycles. The highest BCUT2D eigenvalue weighted by Gasteiger charge is 2.15. The van der Waals surface area contributed by atoms with Crippen molar-refractivity contribution in [3.63, 3.8) is 0 Å². The van der Waals surface area contributed by atoms with Crippen LogP contribution in [0.5, 0.6) is 11.5 Å². The molecule has 6 heteroatoms. The zero-order valence-corrected chi connectivity index (χ0v) is 13.9. The second kappa shape index (κ2) is 6.45. The molecule has 0 aliphatic rings. The van der Waals surface area contributed by atoms with Crippen molar-refractivity contribution in [1.29, 1.82) is 0 Å². The summed E-state index contributed by atoms with van der Waals surface area (Å²) in [5, 5.41) is 12.2. The molecule has 0 aliphatic carbocycles. The molecule has 21 heavy (non-hydrogen) atoms. The number of aryl methyl sites for hydroxylation is 2. The topological polar surface area (TPSA) is 52.4 Å². The van der Waals surface area contributed by atoms with Gasteiger partial charge in [-0.1, -0.05) is 27.5 Å². The van der Waals surface area contributed by atoms with Gasteiger partial charge in [0, 0.05) is 27.5 Å². The number of benzene rings is 2. The molecule has 0 heterocycles. The van der Waals surface area contributed by atoms with E-state index >= 15 is 0 Å². The van der Waals surface area contributed by atoms with Gasteiger partial charge in [-0.2, -0.15) is 0 Å². The summed E-state index contributed by atoms with van der Waals surface area (Å²) in [4.78, 5) is 10.5. The molecule has 2 aromatic rings. The Morgan fingerprint density at radius 3 is 2.52 bits per heavy atom. The first-order valence-electron chi connectivity index (χ1n) is 6.20. The Kier molecular flexibility index (Phi) is 4.85. The summed E-state index contributed by atoms with van der Waals surface area (Å²) in [6.45, 7) is 3.48. The maximum atomic E-state index is 10.9. The lowest BCUT2D eigenvalue weighted by Crippen LogP contribution is -1.96. The maximum absolute atomic E-state index is 10.9. The number of alkyl halides is 1. The minimum Gasteiger partial charge on any atom is -0.457 e. The molecule has 4 nitrogen and oxygen atoms in total. The molecule has 0 saturated heterocycles. The first-order valence-corrected chi connectivity index (χ1v) is 7.70. The third-order valence-corrected chi connectivity index (χ3v) is 3.92. The van der Waals surface area contributed by atoms with Gasteiger partial charge >= 0.3 is 0 Å². The van der Waals surface area contributed by atoms with Gasteiger partial charge in [0.2, 0.25) is 0 Å². The Bertz CT molecular complexity index is 704.